The van der Waals surface area contributed by atoms with Crippen molar-refractivity contribution in [1.29, 1.82) is 0 Å². The second kappa shape index (κ2) is 7.00. The maximum absolute atomic E-state index is 13.3. The fraction of sp³-hybridized carbons (Fsp3) is 0.318. The molecule has 4 rings (SSSR count). The zero-order valence-electron chi connectivity index (χ0n) is 16.2. The van der Waals surface area contributed by atoms with Crippen molar-refractivity contribution < 1.29 is 29.5 Å². The molecule has 0 spiro atoms. The Morgan fingerprint density at radius 3 is 2.38 bits per heavy atom. The average Bonchev–Trinajstić information content (AvgIpc) is 3.20. The number of hydrogen-bond donors (Lipinski definition) is 2. The van der Waals surface area contributed by atoms with Crippen molar-refractivity contribution >= 4 is 17.8 Å². The van der Waals surface area contributed by atoms with E-state index in [0.717, 1.165) is 10.5 Å². The molecule has 0 unspecified atom stereocenters. The van der Waals surface area contributed by atoms with Crippen molar-refractivity contribution in [3.63, 3.8) is 0 Å². The summed E-state index contributed by atoms with van der Waals surface area (Å²) in [5.41, 5.74) is 0.0321. The first-order valence-electron chi connectivity index (χ1n) is 9.61. The number of rotatable bonds is 4. The van der Waals surface area contributed by atoms with E-state index in [-0.39, 0.29) is 24.2 Å². The minimum absolute atomic E-state index is 0.106. The molecule has 7 heteroatoms. The van der Waals surface area contributed by atoms with E-state index in [1.165, 1.54) is 19.2 Å². The third-order valence-corrected chi connectivity index (χ3v) is 6.03. The van der Waals surface area contributed by atoms with Gasteiger partial charge in [-0.2, -0.15) is 0 Å². The Bertz CT molecular complexity index is 959. The van der Waals surface area contributed by atoms with Gasteiger partial charge in [0.15, 0.2) is 0 Å². The van der Waals surface area contributed by atoms with Crippen LogP contribution in [-0.4, -0.2) is 41.4 Å². The number of fused-ring (bicyclic) bond motifs is 1. The lowest BCUT2D eigenvalue weighted by atomic mass is 9.75. The first-order valence-corrected chi connectivity index (χ1v) is 9.61. The Morgan fingerprint density at radius 2 is 1.76 bits per heavy atom. The molecule has 0 radical (unpaired) electrons. The molecule has 150 valence electrons. The van der Waals surface area contributed by atoms with Crippen LogP contribution in [0.2, 0.25) is 0 Å². The van der Waals surface area contributed by atoms with Gasteiger partial charge in [-0.1, -0.05) is 30.3 Å². The van der Waals surface area contributed by atoms with Crippen LogP contribution in [0.4, 0.5) is 0 Å². The summed E-state index contributed by atoms with van der Waals surface area (Å²) in [6, 6.07) is 15.1. The van der Waals surface area contributed by atoms with Crippen LogP contribution in [0.1, 0.15) is 24.1 Å². The molecule has 0 aromatic heterocycles. The molecule has 0 bridgehead atoms. The van der Waals surface area contributed by atoms with Gasteiger partial charge in [0.05, 0.1) is 6.61 Å². The summed E-state index contributed by atoms with van der Waals surface area (Å²) >= 11 is 0. The maximum Gasteiger partial charge on any atom is 0.373 e. The van der Waals surface area contributed by atoms with Crippen LogP contribution in [0, 0.1) is 11.8 Å². The SMILES string of the molecule is CCOC(=O)[C@]1(c2ccccc2)[NH2+][C@@H](c2ccc(O)cc2)[C@H]2C(=O)N(C)C(=O)[C@H]21. The van der Waals surface area contributed by atoms with E-state index in [4.69, 9.17) is 4.74 Å². The van der Waals surface area contributed by atoms with Crippen molar-refractivity contribution in [2.75, 3.05) is 13.7 Å². The Kier molecular flexibility index (Phi) is 4.62. The Balaban J connectivity index is 1.93. The molecule has 29 heavy (non-hydrogen) atoms. The second-order valence-electron chi connectivity index (χ2n) is 7.48. The second-order valence-corrected chi connectivity index (χ2v) is 7.48. The molecular weight excluding hydrogens is 372 g/mol. The summed E-state index contributed by atoms with van der Waals surface area (Å²) in [6.45, 7) is 1.88. The highest BCUT2D eigenvalue weighted by atomic mass is 16.5. The molecule has 2 saturated heterocycles. The maximum atomic E-state index is 13.3. The number of nitrogens with two attached hydrogens (primary N) is 1. The van der Waals surface area contributed by atoms with E-state index in [1.807, 2.05) is 6.07 Å². The van der Waals surface area contributed by atoms with Gasteiger partial charge in [0.1, 0.15) is 23.6 Å². The molecule has 0 saturated carbocycles. The molecule has 4 atom stereocenters. The number of aromatic hydroxyl groups is 1. The monoisotopic (exact) mass is 395 g/mol. The van der Waals surface area contributed by atoms with Gasteiger partial charge in [-0.05, 0) is 31.2 Å². The standard InChI is InChI=1S/C22H22N2O5/c1-3-29-21(28)22(14-7-5-4-6-8-14)17-16(19(26)24(2)20(17)27)18(23-22)13-9-11-15(25)12-10-13/h4-12,16-18,23,25H,3H2,1-2H3/p+1/t16-,17-,18-,22+/m0/s1. The topological polar surface area (TPSA) is 101 Å². The number of amides is 2. The Morgan fingerprint density at radius 1 is 1.10 bits per heavy atom. The van der Waals surface area contributed by atoms with E-state index in [9.17, 15) is 19.5 Å². The van der Waals surface area contributed by atoms with Crippen LogP contribution < -0.4 is 5.32 Å². The van der Waals surface area contributed by atoms with Crippen molar-refractivity contribution in [2.24, 2.45) is 11.8 Å². The van der Waals surface area contributed by atoms with E-state index >= 15 is 0 Å². The van der Waals surface area contributed by atoms with Crippen LogP contribution in [-0.2, 0) is 24.7 Å². The number of quaternary nitrogens is 1. The largest absolute Gasteiger partial charge is 0.508 e. The number of imide groups is 1. The highest BCUT2D eigenvalue weighted by Gasteiger charge is 2.72. The van der Waals surface area contributed by atoms with Crippen molar-refractivity contribution in [2.45, 2.75) is 18.5 Å². The summed E-state index contributed by atoms with van der Waals surface area (Å²) < 4.78 is 5.42. The van der Waals surface area contributed by atoms with Crippen molar-refractivity contribution in [1.82, 2.24) is 4.90 Å². The third-order valence-electron chi connectivity index (χ3n) is 6.03. The number of benzene rings is 2. The molecule has 2 aliphatic heterocycles. The number of carbonyl (C=O) groups is 3. The summed E-state index contributed by atoms with van der Waals surface area (Å²) in [4.78, 5) is 40.6. The highest BCUT2D eigenvalue weighted by molar-refractivity contribution is 6.08. The zero-order valence-corrected chi connectivity index (χ0v) is 16.2. The van der Waals surface area contributed by atoms with E-state index < -0.39 is 29.4 Å². The number of hydrogen-bond acceptors (Lipinski definition) is 5. The number of likely N-dealkylation sites (tertiary alicyclic amines) is 1. The summed E-state index contributed by atoms with van der Waals surface area (Å²) in [6.07, 6.45) is 0. The number of phenolic OH excluding ortho intramolecular Hbond substituents is 1. The van der Waals surface area contributed by atoms with Crippen LogP contribution in [0.3, 0.4) is 0 Å². The van der Waals surface area contributed by atoms with Gasteiger partial charge in [0.25, 0.3) is 0 Å². The molecule has 2 aliphatic rings. The smallest absolute Gasteiger partial charge is 0.373 e. The van der Waals surface area contributed by atoms with Gasteiger partial charge in [0, 0.05) is 18.2 Å². The van der Waals surface area contributed by atoms with E-state index in [0.29, 0.717) is 5.56 Å². The Hall–Kier alpha value is -3.19. The molecular formula is C22H23N2O5+. The minimum Gasteiger partial charge on any atom is -0.508 e. The zero-order chi connectivity index (χ0) is 20.8. The van der Waals surface area contributed by atoms with Gasteiger partial charge >= 0.3 is 5.97 Å². The van der Waals surface area contributed by atoms with Crippen molar-refractivity contribution in [3.05, 3.63) is 65.7 Å². The average molecular weight is 395 g/mol. The van der Waals surface area contributed by atoms with Crippen LogP contribution in [0.5, 0.6) is 5.75 Å². The number of carbonyl (C=O) groups excluding carboxylic acids is 3. The van der Waals surface area contributed by atoms with E-state index in [1.54, 1.807) is 48.6 Å². The molecule has 2 fully saturated rings. The van der Waals surface area contributed by atoms with Gasteiger partial charge in [-0.3, -0.25) is 14.5 Å². The van der Waals surface area contributed by atoms with Gasteiger partial charge in [-0.15, -0.1) is 0 Å². The lowest BCUT2D eigenvalue weighted by Crippen LogP contribution is -2.96. The lowest BCUT2D eigenvalue weighted by Gasteiger charge is -2.29. The molecule has 3 N–H and O–H groups in total. The van der Waals surface area contributed by atoms with Gasteiger partial charge in [-0.25, -0.2) is 4.79 Å². The fourth-order valence-corrected chi connectivity index (χ4v) is 4.72. The van der Waals surface area contributed by atoms with Crippen LogP contribution >= 0.6 is 0 Å². The van der Waals surface area contributed by atoms with E-state index in [2.05, 4.69) is 0 Å². The summed E-state index contributed by atoms with van der Waals surface area (Å²) in [5, 5.41) is 11.4. The first-order chi connectivity index (χ1) is 13.9. The number of nitrogens with zero attached hydrogens (tertiary/aromatic N) is 1. The summed E-state index contributed by atoms with van der Waals surface area (Å²) in [7, 11) is 1.46. The minimum atomic E-state index is -1.36. The normalized spacial score (nSPS) is 28.5. The van der Waals surface area contributed by atoms with Gasteiger partial charge < -0.3 is 15.2 Å². The highest BCUT2D eigenvalue weighted by Crippen LogP contribution is 2.48. The van der Waals surface area contributed by atoms with Crippen molar-refractivity contribution in [3.8, 4) is 5.75 Å². The predicted molar refractivity (Wildman–Crippen MR) is 102 cm³/mol. The molecule has 7 nitrogen and oxygen atoms in total. The molecule has 2 amide bonds. The van der Waals surface area contributed by atoms with Gasteiger partial charge in [0.2, 0.25) is 17.4 Å². The molecule has 2 aromatic carbocycles. The van der Waals surface area contributed by atoms with Crippen LogP contribution in [0.15, 0.2) is 54.6 Å². The van der Waals surface area contributed by atoms with Crippen LogP contribution in [0.25, 0.3) is 0 Å². The molecule has 2 aromatic rings. The number of phenols is 1. The molecule has 2 heterocycles. The third kappa shape index (κ3) is 2.73. The summed E-state index contributed by atoms with van der Waals surface area (Å²) in [5.74, 6) is -2.69. The predicted octanol–water partition coefficient (Wildman–Crippen LogP) is 0.700. The fourth-order valence-electron chi connectivity index (χ4n) is 4.72. The molecule has 0 aliphatic carbocycles. The number of ether oxygens (including phenoxy) is 1. The quantitative estimate of drug-likeness (QED) is 0.586. The number of esters is 1. The lowest BCUT2D eigenvalue weighted by molar-refractivity contribution is -0.742. The first kappa shape index (κ1) is 19.1. The Labute approximate surface area is 168 Å².